The number of carbonyl (C=O) groups is 1. The van der Waals surface area contributed by atoms with Gasteiger partial charge >= 0.3 is 0 Å². The first-order chi connectivity index (χ1) is 8.56. The van der Waals surface area contributed by atoms with Gasteiger partial charge in [-0.3, -0.25) is 4.79 Å². The van der Waals surface area contributed by atoms with E-state index in [0.29, 0.717) is 18.7 Å². The minimum atomic E-state index is -1.01. The third-order valence-electron chi connectivity index (χ3n) is 2.82. The molecule has 0 bridgehead atoms. The molecule has 2 rings (SSSR count). The standard InChI is InChI=1S/C11H15N3O4/c15-9-5-10(12-6-9)11(16)13-7-1-3-8(4-2-7)14(17)18/h1-4,9-10,12,14-15,17H,5-6H2,(H,13,16)/t9-,10-/m0/s1. The van der Waals surface area contributed by atoms with E-state index in [1.165, 1.54) is 24.3 Å². The van der Waals surface area contributed by atoms with Gasteiger partial charge in [0.1, 0.15) is 0 Å². The van der Waals surface area contributed by atoms with Crippen LogP contribution in [0.3, 0.4) is 0 Å². The number of hydrogen-bond donors (Lipinski definition) is 5. The van der Waals surface area contributed by atoms with Gasteiger partial charge in [-0.25, -0.2) is 5.21 Å². The van der Waals surface area contributed by atoms with Gasteiger partial charge < -0.3 is 20.9 Å². The van der Waals surface area contributed by atoms with E-state index in [-0.39, 0.29) is 11.6 Å². The van der Waals surface area contributed by atoms with Crippen molar-refractivity contribution in [1.29, 1.82) is 0 Å². The van der Waals surface area contributed by atoms with Crippen molar-refractivity contribution in [3.8, 4) is 0 Å². The molecule has 1 aromatic rings. The third kappa shape index (κ3) is 3.03. The highest BCUT2D eigenvalue weighted by atomic mass is 16.8. The van der Waals surface area contributed by atoms with Crippen LogP contribution in [0.2, 0.25) is 0 Å². The van der Waals surface area contributed by atoms with Gasteiger partial charge in [0.05, 0.1) is 12.1 Å². The molecular weight excluding hydrogens is 238 g/mol. The lowest BCUT2D eigenvalue weighted by Crippen LogP contribution is -2.99. The van der Waals surface area contributed by atoms with Gasteiger partial charge in [0.25, 0.3) is 0 Å². The van der Waals surface area contributed by atoms with Crippen LogP contribution in [0.5, 0.6) is 0 Å². The second-order valence-corrected chi connectivity index (χ2v) is 4.22. The smallest absolute Gasteiger partial charge is 0.241 e. The molecule has 1 aliphatic rings. The van der Waals surface area contributed by atoms with Crippen LogP contribution in [-0.4, -0.2) is 34.9 Å². The Bertz CT molecular complexity index is 421. The molecular formula is C11H15N3O4. The average Bonchev–Trinajstić information content (AvgIpc) is 2.76. The van der Waals surface area contributed by atoms with Crippen molar-refractivity contribution in [2.75, 3.05) is 11.9 Å². The molecule has 7 nitrogen and oxygen atoms in total. The fraction of sp³-hybridized carbons (Fsp3) is 0.364. The van der Waals surface area contributed by atoms with E-state index in [4.69, 9.17) is 5.21 Å². The number of aliphatic hydroxyl groups excluding tert-OH is 1. The molecule has 1 heterocycles. The van der Waals surface area contributed by atoms with Gasteiger partial charge in [-0.05, 0) is 18.6 Å². The highest BCUT2D eigenvalue weighted by molar-refractivity contribution is 5.95. The van der Waals surface area contributed by atoms with Gasteiger partial charge in [0.2, 0.25) is 5.91 Å². The SMILES string of the molecule is O=C(Nc1ccc([NH+]([O-])O)cc1)[C@@H]1C[C@H](O)CN1. The number of rotatable bonds is 3. The Labute approximate surface area is 104 Å². The lowest BCUT2D eigenvalue weighted by molar-refractivity contribution is -0.991. The summed E-state index contributed by atoms with van der Waals surface area (Å²) in [5, 5.41) is 33.3. The number of amides is 1. The molecule has 0 saturated carbocycles. The molecule has 0 aliphatic carbocycles. The summed E-state index contributed by atoms with van der Waals surface area (Å²) in [5.41, 5.74) is 0.704. The monoisotopic (exact) mass is 253 g/mol. The van der Waals surface area contributed by atoms with Crippen molar-refractivity contribution in [2.45, 2.75) is 18.6 Å². The summed E-state index contributed by atoms with van der Waals surface area (Å²) in [5.74, 6) is -0.227. The highest BCUT2D eigenvalue weighted by Gasteiger charge is 2.27. The zero-order valence-corrected chi connectivity index (χ0v) is 9.59. The molecule has 0 radical (unpaired) electrons. The van der Waals surface area contributed by atoms with Crippen molar-refractivity contribution in [3.63, 3.8) is 0 Å². The number of anilines is 1. The maximum atomic E-state index is 11.8. The zero-order chi connectivity index (χ0) is 13.1. The fourth-order valence-electron chi connectivity index (χ4n) is 1.84. The summed E-state index contributed by atoms with van der Waals surface area (Å²) in [6.45, 7) is 0.413. The predicted molar refractivity (Wildman–Crippen MR) is 63.3 cm³/mol. The van der Waals surface area contributed by atoms with E-state index in [1.807, 2.05) is 0 Å². The molecule has 3 atom stereocenters. The van der Waals surface area contributed by atoms with Crippen molar-refractivity contribution in [1.82, 2.24) is 5.32 Å². The Balaban J connectivity index is 1.95. The van der Waals surface area contributed by atoms with E-state index < -0.39 is 17.4 Å². The summed E-state index contributed by atoms with van der Waals surface area (Å²) in [6.07, 6.45) is -0.103. The number of hydrogen-bond acceptors (Lipinski definition) is 5. The Morgan fingerprint density at radius 2 is 2.11 bits per heavy atom. The van der Waals surface area contributed by atoms with Crippen LogP contribution < -0.4 is 15.9 Å². The van der Waals surface area contributed by atoms with E-state index in [2.05, 4.69) is 10.6 Å². The second-order valence-electron chi connectivity index (χ2n) is 4.22. The maximum absolute atomic E-state index is 11.8. The number of benzene rings is 1. The van der Waals surface area contributed by atoms with Crippen molar-refractivity contribution in [3.05, 3.63) is 29.5 Å². The Hall–Kier alpha value is -1.51. The van der Waals surface area contributed by atoms with Gasteiger partial charge in [-0.15, -0.1) is 0 Å². The highest BCUT2D eigenvalue weighted by Crippen LogP contribution is 2.13. The van der Waals surface area contributed by atoms with Crippen LogP contribution in [0.15, 0.2) is 24.3 Å². The average molecular weight is 253 g/mol. The third-order valence-corrected chi connectivity index (χ3v) is 2.82. The van der Waals surface area contributed by atoms with Crippen molar-refractivity contribution < 1.29 is 20.3 Å². The minimum absolute atomic E-state index is 0.169. The molecule has 1 saturated heterocycles. The minimum Gasteiger partial charge on any atom is -0.595 e. The number of carbonyl (C=O) groups excluding carboxylic acids is 1. The Morgan fingerprint density at radius 1 is 1.44 bits per heavy atom. The van der Waals surface area contributed by atoms with Gasteiger partial charge in [0.15, 0.2) is 5.69 Å². The molecule has 18 heavy (non-hydrogen) atoms. The van der Waals surface area contributed by atoms with Crippen LogP contribution in [0.25, 0.3) is 0 Å². The molecule has 1 fully saturated rings. The quantitative estimate of drug-likeness (QED) is 0.432. The van der Waals surface area contributed by atoms with Crippen LogP contribution >= 0.6 is 0 Å². The Morgan fingerprint density at radius 3 is 2.61 bits per heavy atom. The molecule has 7 heteroatoms. The summed E-state index contributed by atoms with van der Waals surface area (Å²) in [4.78, 5) is 11.8. The molecule has 1 unspecified atom stereocenters. The summed E-state index contributed by atoms with van der Waals surface area (Å²) in [7, 11) is 0. The summed E-state index contributed by atoms with van der Waals surface area (Å²) >= 11 is 0. The van der Waals surface area contributed by atoms with Crippen LogP contribution in [0.1, 0.15) is 6.42 Å². The molecule has 5 N–H and O–H groups in total. The van der Waals surface area contributed by atoms with Crippen LogP contribution in [0, 0.1) is 5.21 Å². The summed E-state index contributed by atoms with van der Waals surface area (Å²) < 4.78 is 0. The largest absolute Gasteiger partial charge is 0.595 e. The fourth-order valence-corrected chi connectivity index (χ4v) is 1.84. The van der Waals surface area contributed by atoms with Crippen LogP contribution in [-0.2, 0) is 4.79 Å². The van der Waals surface area contributed by atoms with Crippen molar-refractivity contribution in [2.24, 2.45) is 0 Å². The molecule has 1 amide bonds. The van der Waals surface area contributed by atoms with E-state index in [0.717, 1.165) is 0 Å². The predicted octanol–water partition coefficient (Wildman–Crippen LogP) is -1.25. The lowest BCUT2D eigenvalue weighted by atomic mass is 10.2. The van der Waals surface area contributed by atoms with Crippen LogP contribution in [0.4, 0.5) is 11.4 Å². The number of aliphatic hydroxyl groups is 1. The van der Waals surface area contributed by atoms with E-state index >= 15 is 0 Å². The zero-order valence-electron chi connectivity index (χ0n) is 9.59. The van der Waals surface area contributed by atoms with Gasteiger partial charge in [-0.2, -0.15) is 5.23 Å². The van der Waals surface area contributed by atoms with Gasteiger partial charge in [-0.1, -0.05) is 0 Å². The molecule has 98 valence electrons. The van der Waals surface area contributed by atoms with E-state index in [9.17, 15) is 15.1 Å². The second kappa shape index (κ2) is 5.42. The number of β-amino-alcohol motifs (C(OH)–C–C–N with tert-alkyl or cyclic N) is 1. The molecule has 0 aromatic heterocycles. The normalized spacial score (nSPS) is 24.8. The topological polar surface area (TPSA) is 109 Å². The molecule has 0 spiro atoms. The summed E-state index contributed by atoms with van der Waals surface area (Å²) in [6, 6.07) is 5.52. The van der Waals surface area contributed by atoms with E-state index in [1.54, 1.807) is 0 Å². The van der Waals surface area contributed by atoms with Crippen molar-refractivity contribution >= 4 is 17.3 Å². The molecule has 1 aromatic carbocycles. The first kappa shape index (κ1) is 12.9. The van der Waals surface area contributed by atoms with Gasteiger partial charge in [0, 0.05) is 24.4 Å². The number of nitrogens with one attached hydrogen (secondary N) is 3. The lowest BCUT2D eigenvalue weighted by Gasteiger charge is -2.13. The Kier molecular flexibility index (Phi) is 3.90. The number of quaternary nitrogens is 1. The molecule has 1 aliphatic heterocycles. The maximum Gasteiger partial charge on any atom is 0.241 e. The first-order valence-corrected chi connectivity index (χ1v) is 5.62. The first-order valence-electron chi connectivity index (χ1n) is 5.62.